The van der Waals surface area contributed by atoms with Gasteiger partial charge in [0, 0.05) is 24.3 Å². The highest BCUT2D eigenvalue weighted by molar-refractivity contribution is 5.96. The average Bonchev–Trinajstić information content (AvgIpc) is 2.79. The van der Waals surface area contributed by atoms with Crippen LogP contribution in [-0.2, 0) is 4.79 Å². The van der Waals surface area contributed by atoms with Crippen LogP contribution in [0.3, 0.4) is 0 Å². The van der Waals surface area contributed by atoms with Gasteiger partial charge in [-0.2, -0.15) is 0 Å². The number of para-hydroxylation sites is 1. The zero-order chi connectivity index (χ0) is 12.5. The van der Waals surface area contributed by atoms with Gasteiger partial charge in [-0.15, -0.1) is 12.3 Å². The largest absolute Gasteiger partial charge is 0.296 e. The molecular weight excluding hydrogens is 224 g/mol. The molecule has 1 saturated heterocycles. The maximum absolute atomic E-state index is 11.9. The van der Waals surface area contributed by atoms with Gasteiger partial charge < -0.3 is 0 Å². The van der Waals surface area contributed by atoms with Crippen molar-refractivity contribution < 1.29 is 4.79 Å². The second-order valence-corrected chi connectivity index (χ2v) is 4.43. The Hall–Kier alpha value is -2.34. The van der Waals surface area contributed by atoms with E-state index in [-0.39, 0.29) is 11.8 Å². The molecule has 1 atom stereocenters. The number of aromatic nitrogens is 1. The van der Waals surface area contributed by atoms with Crippen molar-refractivity contribution in [2.75, 3.05) is 11.4 Å². The summed E-state index contributed by atoms with van der Waals surface area (Å²) in [5.41, 5.74) is 0.895. The van der Waals surface area contributed by atoms with Crippen molar-refractivity contribution in [3.63, 3.8) is 0 Å². The van der Waals surface area contributed by atoms with Crippen molar-refractivity contribution >= 4 is 22.6 Å². The molecule has 0 bridgehead atoms. The Balaban J connectivity index is 2.00. The number of hydrogen-bond acceptors (Lipinski definition) is 2. The van der Waals surface area contributed by atoms with E-state index in [9.17, 15) is 4.79 Å². The molecule has 2 aromatic rings. The van der Waals surface area contributed by atoms with E-state index >= 15 is 0 Å². The van der Waals surface area contributed by atoms with Crippen molar-refractivity contribution in [2.45, 2.75) is 6.42 Å². The molecule has 1 aromatic heterocycles. The molecule has 1 aliphatic rings. The van der Waals surface area contributed by atoms with Crippen molar-refractivity contribution in [1.82, 2.24) is 4.98 Å². The van der Waals surface area contributed by atoms with E-state index in [2.05, 4.69) is 10.9 Å². The summed E-state index contributed by atoms with van der Waals surface area (Å²) in [7, 11) is 0. The predicted molar refractivity (Wildman–Crippen MR) is 71.0 cm³/mol. The quantitative estimate of drug-likeness (QED) is 0.711. The standard InChI is InChI=1S/C15H12N2O/c1-2-11-9-15(18)17(10-11)14-8-7-12-5-3-4-6-13(12)16-14/h1,3-8,11H,9-10H2. The number of nitrogens with zero attached hydrogens (tertiary/aromatic N) is 2. The molecule has 3 nitrogen and oxygen atoms in total. The van der Waals surface area contributed by atoms with Crippen LogP contribution in [0.5, 0.6) is 0 Å². The first-order valence-corrected chi connectivity index (χ1v) is 5.90. The Kier molecular flexibility index (Phi) is 2.49. The van der Waals surface area contributed by atoms with Gasteiger partial charge in [-0.25, -0.2) is 4.98 Å². The minimum atomic E-state index is 0.00534. The summed E-state index contributed by atoms with van der Waals surface area (Å²) in [6, 6.07) is 11.7. The van der Waals surface area contributed by atoms with E-state index in [1.165, 1.54) is 0 Å². The normalized spacial score (nSPS) is 19.2. The molecule has 1 fully saturated rings. The number of hydrogen-bond donors (Lipinski definition) is 0. The lowest BCUT2D eigenvalue weighted by Crippen LogP contribution is -2.25. The molecule has 0 saturated carbocycles. The van der Waals surface area contributed by atoms with Crippen LogP contribution < -0.4 is 4.90 Å². The van der Waals surface area contributed by atoms with E-state index in [1.54, 1.807) is 4.90 Å². The summed E-state index contributed by atoms with van der Waals surface area (Å²) in [4.78, 5) is 18.1. The Labute approximate surface area is 105 Å². The van der Waals surface area contributed by atoms with Crippen molar-refractivity contribution in [3.05, 3.63) is 36.4 Å². The van der Waals surface area contributed by atoms with Gasteiger partial charge in [-0.05, 0) is 18.2 Å². The van der Waals surface area contributed by atoms with Crippen LogP contribution in [0.25, 0.3) is 10.9 Å². The number of amides is 1. The van der Waals surface area contributed by atoms with Crippen LogP contribution in [0.1, 0.15) is 6.42 Å². The molecule has 3 rings (SSSR count). The van der Waals surface area contributed by atoms with Crippen LogP contribution >= 0.6 is 0 Å². The zero-order valence-corrected chi connectivity index (χ0v) is 9.84. The first-order valence-electron chi connectivity index (χ1n) is 5.90. The smallest absolute Gasteiger partial charge is 0.229 e. The molecule has 2 heterocycles. The zero-order valence-electron chi connectivity index (χ0n) is 9.84. The van der Waals surface area contributed by atoms with E-state index < -0.39 is 0 Å². The molecule has 1 amide bonds. The molecule has 0 spiro atoms. The number of carbonyl (C=O) groups excluding carboxylic acids is 1. The molecule has 0 N–H and O–H groups in total. The Morgan fingerprint density at radius 3 is 2.89 bits per heavy atom. The number of fused-ring (bicyclic) bond motifs is 1. The molecule has 1 aliphatic heterocycles. The fourth-order valence-electron chi connectivity index (χ4n) is 2.25. The van der Waals surface area contributed by atoms with Crippen LogP contribution in [-0.4, -0.2) is 17.4 Å². The minimum absolute atomic E-state index is 0.00534. The summed E-state index contributed by atoms with van der Waals surface area (Å²) in [5.74, 6) is 3.39. The molecule has 88 valence electrons. The second kappa shape index (κ2) is 4.15. The van der Waals surface area contributed by atoms with Crippen molar-refractivity contribution in [1.29, 1.82) is 0 Å². The number of anilines is 1. The molecule has 18 heavy (non-hydrogen) atoms. The lowest BCUT2D eigenvalue weighted by atomic mass is 10.1. The van der Waals surface area contributed by atoms with Crippen molar-refractivity contribution in [3.8, 4) is 12.3 Å². The fraction of sp³-hybridized carbons (Fsp3) is 0.200. The summed E-state index contributed by atoms with van der Waals surface area (Å²) in [6.07, 6.45) is 5.80. The van der Waals surface area contributed by atoms with Crippen LogP contribution in [0.15, 0.2) is 36.4 Å². The monoisotopic (exact) mass is 236 g/mol. The van der Waals surface area contributed by atoms with Gasteiger partial charge in [-0.3, -0.25) is 9.69 Å². The Morgan fingerprint density at radius 2 is 2.11 bits per heavy atom. The summed E-state index contributed by atoms with van der Waals surface area (Å²) in [6.45, 7) is 0.570. The molecule has 0 radical (unpaired) electrons. The third kappa shape index (κ3) is 1.72. The van der Waals surface area contributed by atoms with E-state index in [1.807, 2.05) is 36.4 Å². The highest BCUT2D eigenvalue weighted by Crippen LogP contribution is 2.24. The van der Waals surface area contributed by atoms with Gasteiger partial charge in [0.15, 0.2) is 0 Å². The summed E-state index contributed by atoms with van der Waals surface area (Å²) in [5, 5.41) is 1.07. The average molecular weight is 236 g/mol. The lowest BCUT2D eigenvalue weighted by Gasteiger charge is -2.15. The van der Waals surface area contributed by atoms with Gasteiger partial charge in [0.1, 0.15) is 5.82 Å². The van der Waals surface area contributed by atoms with E-state index in [0.29, 0.717) is 18.8 Å². The lowest BCUT2D eigenvalue weighted by molar-refractivity contribution is -0.117. The van der Waals surface area contributed by atoms with E-state index in [0.717, 1.165) is 10.9 Å². The fourth-order valence-corrected chi connectivity index (χ4v) is 2.25. The minimum Gasteiger partial charge on any atom is -0.296 e. The maximum Gasteiger partial charge on any atom is 0.229 e. The molecule has 3 heteroatoms. The molecule has 1 unspecified atom stereocenters. The van der Waals surface area contributed by atoms with Gasteiger partial charge >= 0.3 is 0 Å². The van der Waals surface area contributed by atoms with Gasteiger partial charge in [0.05, 0.1) is 5.52 Å². The Bertz CT molecular complexity index is 657. The highest BCUT2D eigenvalue weighted by Gasteiger charge is 2.30. The number of rotatable bonds is 1. The van der Waals surface area contributed by atoms with Gasteiger partial charge in [-0.1, -0.05) is 18.2 Å². The number of terminal acetylenes is 1. The second-order valence-electron chi connectivity index (χ2n) is 4.43. The van der Waals surface area contributed by atoms with Gasteiger partial charge in [0.25, 0.3) is 0 Å². The summed E-state index contributed by atoms with van der Waals surface area (Å²) < 4.78 is 0. The first-order chi connectivity index (χ1) is 8.78. The van der Waals surface area contributed by atoms with Crippen LogP contribution in [0.4, 0.5) is 5.82 Å². The molecule has 1 aromatic carbocycles. The van der Waals surface area contributed by atoms with Crippen LogP contribution in [0.2, 0.25) is 0 Å². The number of carbonyl (C=O) groups is 1. The number of pyridine rings is 1. The maximum atomic E-state index is 11.9. The topological polar surface area (TPSA) is 33.2 Å². The molecule has 0 aliphatic carbocycles. The van der Waals surface area contributed by atoms with Gasteiger partial charge in [0.2, 0.25) is 5.91 Å². The highest BCUT2D eigenvalue weighted by atomic mass is 16.2. The Morgan fingerprint density at radius 1 is 1.28 bits per heavy atom. The van der Waals surface area contributed by atoms with Crippen LogP contribution in [0, 0.1) is 18.3 Å². The number of benzene rings is 1. The SMILES string of the molecule is C#CC1CC(=O)N(c2ccc3ccccc3n2)C1. The third-order valence-corrected chi connectivity index (χ3v) is 3.22. The summed E-state index contributed by atoms with van der Waals surface area (Å²) >= 11 is 0. The van der Waals surface area contributed by atoms with Crippen molar-refractivity contribution in [2.24, 2.45) is 5.92 Å². The van der Waals surface area contributed by atoms with E-state index in [4.69, 9.17) is 6.42 Å². The predicted octanol–water partition coefficient (Wildman–Crippen LogP) is 2.22. The first kappa shape index (κ1) is 10.8. The molecular formula is C15H12N2O. The third-order valence-electron chi connectivity index (χ3n) is 3.22.